The molecule has 11 heteroatoms. The van der Waals surface area contributed by atoms with E-state index in [0.717, 1.165) is 18.8 Å². The molecule has 0 unspecified atom stereocenters. The fourth-order valence-electron chi connectivity index (χ4n) is 4.07. The SMILES string of the molecule is CN(C)[C@@H](Cc1ccccc1)C(=O)N1CCN(Cc2cnc[nH]2)c2ccccc2C1.O=C(O)C(F)(F)F. The second kappa shape index (κ2) is 12.4. The summed E-state index contributed by atoms with van der Waals surface area (Å²) in [6.07, 6.45) is -0.804. The lowest BCUT2D eigenvalue weighted by Gasteiger charge is -2.30. The number of anilines is 1. The van der Waals surface area contributed by atoms with Crippen molar-refractivity contribution >= 4 is 17.6 Å². The van der Waals surface area contributed by atoms with Crippen molar-refractivity contribution in [3.8, 4) is 0 Å². The standard InChI is InChI=1S/C24H29N5O.C2HF3O2/c1-27(2)23(14-19-8-4-3-5-9-19)24(30)29-13-12-28(17-21-15-25-18-26-21)22-11-7-6-10-20(22)16-29;3-2(4,5)1(6)7/h3-11,15,18,23H,12-14,16-17H2,1-2H3,(H,25,26);(H,6,7)/t23-;/m0./s1. The lowest BCUT2D eigenvalue weighted by molar-refractivity contribution is -0.192. The number of benzene rings is 2. The van der Waals surface area contributed by atoms with Crippen LogP contribution in [0.15, 0.2) is 67.1 Å². The first-order valence-corrected chi connectivity index (χ1v) is 11.7. The fraction of sp³-hybridized carbons (Fsp3) is 0.346. The number of halogens is 3. The number of amides is 1. The van der Waals surface area contributed by atoms with Crippen molar-refractivity contribution in [1.82, 2.24) is 19.8 Å². The Kier molecular flexibility index (Phi) is 9.29. The van der Waals surface area contributed by atoms with Gasteiger partial charge in [0.15, 0.2) is 0 Å². The Bertz CT molecular complexity index is 1150. The Morgan fingerprint density at radius 1 is 1.08 bits per heavy atom. The lowest BCUT2D eigenvalue weighted by atomic mass is 10.0. The smallest absolute Gasteiger partial charge is 0.475 e. The van der Waals surface area contributed by atoms with Gasteiger partial charge >= 0.3 is 12.1 Å². The zero-order valence-electron chi connectivity index (χ0n) is 20.7. The zero-order valence-corrected chi connectivity index (χ0v) is 20.7. The zero-order chi connectivity index (χ0) is 27.0. The maximum absolute atomic E-state index is 13.6. The predicted molar refractivity (Wildman–Crippen MR) is 133 cm³/mol. The first-order chi connectivity index (χ1) is 17.6. The molecule has 3 aromatic rings. The minimum atomic E-state index is -5.08. The number of H-pyrrole nitrogens is 1. The van der Waals surface area contributed by atoms with Crippen molar-refractivity contribution in [1.29, 1.82) is 0 Å². The summed E-state index contributed by atoms with van der Waals surface area (Å²) in [5.41, 5.74) is 4.62. The summed E-state index contributed by atoms with van der Waals surface area (Å²) in [6, 6.07) is 18.5. The van der Waals surface area contributed by atoms with Gasteiger partial charge in [0.05, 0.1) is 24.6 Å². The highest BCUT2D eigenvalue weighted by Gasteiger charge is 2.38. The molecular weight excluding hydrogens is 487 g/mol. The van der Waals surface area contributed by atoms with E-state index in [9.17, 15) is 18.0 Å². The van der Waals surface area contributed by atoms with Crippen LogP contribution in [0.2, 0.25) is 0 Å². The van der Waals surface area contributed by atoms with E-state index in [-0.39, 0.29) is 11.9 Å². The third-order valence-electron chi connectivity index (χ3n) is 5.98. The number of aromatic amines is 1. The molecule has 2 N–H and O–H groups in total. The molecule has 198 valence electrons. The third-order valence-corrected chi connectivity index (χ3v) is 5.98. The minimum Gasteiger partial charge on any atom is -0.475 e. The van der Waals surface area contributed by atoms with Crippen LogP contribution in [0.25, 0.3) is 0 Å². The number of aliphatic carboxylic acids is 1. The minimum absolute atomic E-state index is 0.182. The monoisotopic (exact) mass is 517 g/mol. The van der Waals surface area contributed by atoms with Crippen molar-refractivity contribution in [2.24, 2.45) is 0 Å². The van der Waals surface area contributed by atoms with E-state index in [4.69, 9.17) is 9.90 Å². The largest absolute Gasteiger partial charge is 0.490 e. The molecule has 1 atom stereocenters. The molecule has 0 bridgehead atoms. The van der Waals surface area contributed by atoms with Gasteiger partial charge in [0, 0.05) is 31.5 Å². The summed E-state index contributed by atoms with van der Waals surface area (Å²) < 4.78 is 31.7. The number of carboxylic acid groups (broad SMARTS) is 1. The first kappa shape index (κ1) is 27.7. The highest BCUT2D eigenvalue weighted by atomic mass is 19.4. The second-order valence-electron chi connectivity index (χ2n) is 8.86. The quantitative estimate of drug-likeness (QED) is 0.520. The number of nitrogens with zero attached hydrogens (tertiary/aromatic N) is 4. The summed E-state index contributed by atoms with van der Waals surface area (Å²) in [4.78, 5) is 36.2. The predicted octanol–water partition coefficient (Wildman–Crippen LogP) is 3.56. The van der Waals surface area contributed by atoms with E-state index in [1.54, 1.807) is 6.33 Å². The Morgan fingerprint density at radius 3 is 2.32 bits per heavy atom. The molecule has 8 nitrogen and oxygen atoms in total. The molecule has 2 heterocycles. The molecule has 4 rings (SSSR count). The molecule has 2 aromatic carbocycles. The molecule has 1 aliphatic heterocycles. The number of hydrogen-bond donors (Lipinski definition) is 2. The van der Waals surface area contributed by atoms with Crippen LogP contribution in [-0.4, -0.2) is 76.2 Å². The molecule has 0 saturated heterocycles. The highest BCUT2D eigenvalue weighted by Crippen LogP contribution is 2.27. The third kappa shape index (κ3) is 7.81. The van der Waals surface area contributed by atoms with Crippen molar-refractivity contribution in [2.75, 3.05) is 32.1 Å². The summed E-state index contributed by atoms with van der Waals surface area (Å²) in [6.45, 7) is 2.86. The van der Waals surface area contributed by atoms with Crippen LogP contribution < -0.4 is 4.90 Å². The molecule has 0 spiro atoms. The van der Waals surface area contributed by atoms with Crippen LogP contribution in [0.5, 0.6) is 0 Å². The molecule has 1 aliphatic rings. The molecule has 0 saturated carbocycles. The molecule has 37 heavy (non-hydrogen) atoms. The topological polar surface area (TPSA) is 92.8 Å². The van der Waals surface area contributed by atoms with Gasteiger partial charge in [0.1, 0.15) is 0 Å². The molecule has 0 aliphatic carbocycles. The van der Waals surface area contributed by atoms with Crippen LogP contribution >= 0.6 is 0 Å². The molecular formula is C26H30F3N5O3. The van der Waals surface area contributed by atoms with Gasteiger partial charge in [0.25, 0.3) is 0 Å². The van der Waals surface area contributed by atoms with E-state index in [1.165, 1.54) is 16.8 Å². The van der Waals surface area contributed by atoms with Crippen LogP contribution in [-0.2, 0) is 29.1 Å². The van der Waals surface area contributed by atoms with Gasteiger partial charge in [-0.3, -0.25) is 9.69 Å². The number of para-hydroxylation sites is 1. The number of hydrogen-bond acceptors (Lipinski definition) is 5. The summed E-state index contributed by atoms with van der Waals surface area (Å²) in [5, 5.41) is 7.12. The molecule has 0 radical (unpaired) electrons. The number of carbonyl (C=O) groups is 2. The number of nitrogens with one attached hydrogen (secondary N) is 1. The van der Waals surface area contributed by atoms with Crippen molar-refractivity contribution in [3.63, 3.8) is 0 Å². The van der Waals surface area contributed by atoms with E-state index >= 15 is 0 Å². The second-order valence-corrected chi connectivity index (χ2v) is 8.86. The van der Waals surface area contributed by atoms with E-state index in [0.29, 0.717) is 19.5 Å². The average molecular weight is 518 g/mol. The number of carboxylic acids is 1. The number of rotatable bonds is 6. The number of fused-ring (bicyclic) bond motifs is 1. The van der Waals surface area contributed by atoms with Gasteiger partial charge < -0.3 is 19.9 Å². The maximum Gasteiger partial charge on any atom is 0.490 e. The lowest BCUT2D eigenvalue weighted by Crippen LogP contribution is -2.48. The van der Waals surface area contributed by atoms with Gasteiger partial charge in [-0.15, -0.1) is 0 Å². The Labute approximate surface area is 213 Å². The number of imidazole rings is 1. The Morgan fingerprint density at radius 2 is 1.73 bits per heavy atom. The van der Waals surface area contributed by atoms with E-state index in [2.05, 4.69) is 51.3 Å². The van der Waals surface area contributed by atoms with Crippen molar-refractivity contribution in [3.05, 3.63) is 83.9 Å². The van der Waals surface area contributed by atoms with E-state index in [1.807, 2.05) is 48.3 Å². The van der Waals surface area contributed by atoms with Gasteiger partial charge in [-0.2, -0.15) is 13.2 Å². The maximum atomic E-state index is 13.6. The Balaban J connectivity index is 0.000000479. The van der Waals surface area contributed by atoms with E-state index < -0.39 is 12.1 Å². The number of likely N-dealkylation sites (N-methyl/N-ethyl adjacent to an activating group) is 1. The normalized spacial score (nSPS) is 14.3. The summed E-state index contributed by atoms with van der Waals surface area (Å²) >= 11 is 0. The number of alkyl halides is 3. The van der Waals surface area contributed by atoms with Crippen molar-refractivity contribution < 1.29 is 27.9 Å². The number of aromatic nitrogens is 2. The summed E-state index contributed by atoms with van der Waals surface area (Å²) in [5.74, 6) is -2.57. The first-order valence-electron chi connectivity index (χ1n) is 11.7. The highest BCUT2D eigenvalue weighted by molar-refractivity contribution is 5.82. The average Bonchev–Trinajstić information content (AvgIpc) is 3.30. The summed E-state index contributed by atoms with van der Waals surface area (Å²) in [7, 11) is 3.98. The molecule has 1 aromatic heterocycles. The van der Waals surface area contributed by atoms with Gasteiger partial charge in [-0.1, -0.05) is 48.5 Å². The van der Waals surface area contributed by atoms with Gasteiger partial charge in [0.2, 0.25) is 5.91 Å². The van der Waals surface area contributed by atoms with Gasteiger partial charge in [-0.25, -0.2) is 9.78 Å². The molecule has 1 amide bonds. The molecule has 0 fully saturated rings. The number of carbonyl (C=O) groups excluding carboxylic acids is 1. The van der Waals surface area contributed by atoms with Crippen LogP contribution in [0.4, 0.5) is 18.9 Å². The van der Waals surface area contributed by atoms with Gasteiger partial charge in [-0.05, 0) is 37.7 Å². The van der Waals surface area contributed by atoms with Crippen molar-refractivity contribution in [2.45, 2.75) is 31.7 Å². The van der Waals surface area contributed by atoms with Crippen LogP contribution in [0.3, 0.4) is 0 Å². The van der Waals surface area contributed by atoms with Crippen LogP contribution in [0, 0.1) is 0 Å². The fourth-order valence-corrected chi connectivity index (χ4v) is 4.07. The Hall–Kier alpha value is -3.86. The van der Waals surface area contributed by atoms with Crippen LogP contribution in [0.1, 0.15) is 16.8 Å².